The molecule has 2 aromatic carbocycles. The Hall–Kier alpha value is -1.40. The summed E-state index contributed by atoms with van der Waals surface area (Å²) in [6.45, 7) is 2.78. The number of piperidine rings is 1. The van der Waals surface area contributed by atoms with Crippen LogP contribution in [0.15, 0.2) is 53.4 Å². The van der Waals surface area contributed by atoms with Crippen LogP contribution >= 0.6 is 12.4 Å². The lowest BCUT2D eigenvalue weighted by molar-refractivity contribution is 0.200. The summed E-state index contributed by atoms with van der Waals surface area (Å²) in [5.41, 5.74) is 3.84. The minimum Gasteiger partial charge on any atom is -0.299 e. The number of rotatable bonds is 5. The Morgan fingerprint density at radius 2 is 1.61 bits per heavy atom. The minimum absolute atomic E-state index is 0. The Labute approximate surface area is 174 Å². The molecule has 0 bridgehead atoms. The first-order chi connectivity index (χ1) is 13.1. The van der Waals surface area contributed by atoms with Gasteiger partial charge in [0.25, 0.3) is 0 Å². The quantitative estimate of drug-likeness (QED) is 0.797. The molecule has 1 saturated heterocycles. The summed E-state index contributed by atoms with van der Waals surface area (Å²) in [6, 6.07) is 16.1. The first-order valence-corrected chi connectivity index (χ1v) is 11.5. The van der Waals surface area contributed by atoms with Gasteiger partial charge >= 0.3 is 0 Å². The van der Waals surface area contributed by atoms with Crippen molar-refractivity contribution in [1.82, 2.24) is 9.62 Å². The Kier molecular flexibility index (Phi) is 7.15. The molecule has 4 nitrogen and oxygen atoms in total. The van der Waals surface area contributed by atoms with Gasteiger partial charge in [-0.05, 0) is 67.3 Å². The molecule has 0 radical (unpaired) electrons. The van der Waals surface area contributed by atoms with E-state index in [9.17, 15) is 8.42 Å². The SMILES string of the molecule is Cl.O=S(=O)(NC1CCN(Cc2ccccc2)CC1)c1ccc2c(c1)CCCC2. The normalized spacial score (nSPS) is 18.3. The number of hydrogen-bond acceptors (Lipinski definition) is 3. The van der Waals surface area contributed by atoms with Crippen molar-refractivity contribution in [2.24, 2.45) is 0 Å². The highest BCUT2D eigenvalue weighted by Crippen LogP contribution is 2.25. The summed E-state index contributed by atoms with van der Waals surface area (Å²) in [5, 5.41) is 0. The number of likely N-dealkylation sites (tertiary alicyclic amines) is 1. The van der Waals surface area contributed by atoms with Crippen molar-refractivity contribution in [2.45, 2.75) is 56.0 Å². The van der Waals surface area contributed by atoms with Crippen LogP contribution in [-0.2, 0) is 29.4 Å². The van der Waals surface area contributed by atoms with Crippen LogP contribution in [-0.4, -0.2) is 32.4 Å². The van der Waals surface area contributed by atoms with Gasteiger partial charge in [0.2, 0.25) is 10.0 Å². The van der Waals surface area contributed by atoms with Crippen LogP contribution in [0.5, 0.6) is 0 Å². The first-order valence-electron chi connectivity index (χ1n) is 10.0. The van der Waals surface area contributed by atoms with Crippen LogP contribution in [0.2, 0.25) is 0 Å². The topological polar surface area (TPSA) is 49.4 Å². The standard InChI is InChI=1S/C22H28N2O2S.ClH/c25-27(26,22-11-10-19-8-4-5-9-20(19)16-22)23-21-12-14-24(15-13-21)17-18-6-2-1-3-7-18;/h1-3,6-7,10-11,16,21,23H,4-5,8-9,12-15,17H2;1H. The van der Waals surface area contributed by atoms with Gasteiger partial charge < -0.3 is 0 Å². The average Bonchev–Trinajstić information content (AvgIpc) is 2.70. The molecule has 0 saturated carbocycles. The summed E-state index contributed by atoms with van der Waals surface area (Å²) < 4.78 is 28.6. The number of halogens is 1. The van der Waals surface area contributed by atoms with Gasteiger partial charge in [-0.2, -0.15) is 0 Å². The molecule has 1 heterocycles. The molecule has 1 fully saturated rings. The van der Waals surface area contributed by atoms with Crippen molar-refractivity contribution in [3.05, 3.63) is 65.2 Å². The monoisotopic (exact) mass is 420 g/mol. The Bertz CT molecular complexity index is 879. The summed E-state index contributed by atoms with van der Waals surface area (Å²) in [5.74, 6) is 0. The zero-order valence-corrected chi connectivity index (χ0v) is 17.8. The van der Waals surface area contributed by atoms with E-state index >= 15 is 0 Å². The van der Waals surface area contributed by atoms with E-state index in [0.29, 0.717) is 4.90 Å². The van der Waals surface area contributed by atoms with Crippen LogP contribution in [0, 0.1) is 0 Å². The molecule has 1 aliphatic carbocycles. The molecule has 2 aromatic rings. The van der Waals surface area contributed by atoms with Gasteiger partial charge in [-0.15, -0.1) is 12.4 Å². The zero-order chi connectivity index (χ0) is 18.7. The molecule has 152 valence electrons. The fourth-order valence-electron chi connectivity index (χ4n) is 4.21. The zero-order valence-electron chi connectivity index (χ0n) is 16.1. The number of nitrogens with zero attached hydrogens (tertiary/aromatic N) is 1. The molecule has 0 spiro atoms. The Morgan fingerprint density at radius 1 is 0.929 bits per heavy atom. The third-order valence-corrected chi connectivity index (χ3v) is 7.31. The van der Waals surface area contributed by atoms with Crippen LogP contribution in [0.1, 0.15) is 42.4 Å². The van der Waals surface area contributed by atoms with Crippen molar-refractivity contribution in [3.63, 3.8) is 0 Å². The van der Waals surface area contributed by atoms with E-state index in [4.69, 9.17) is 0 Å². The van der Waals surface area contributed by atoms with Crippen molar-refractivity contribution in [3.8, 4) is 0 Å². The van der Waals surface area contributed by atoms with Crippen molar-refractivity contribution >= 4 is 22.4 Å². The molecule has 0 atom stereocenters. The van der Waals surface area contributed by atoms with Crippen LogP contribution in [0.4, 0.5) is 0 Å². The molecule has 1 N–H and O–H groups in total. The third-order valence-electron chi connectivity index (χ3n) is 5.79. The van der Waals surface area contributed by atoms with Gasteiger partial charge in [0, 0.05) is 25.7 Å². The van der Waals surface area contributed by atoms with Gasteiger partial charge in [-0.1, -0.05) is 36.4 Å². The third kappa shape index (κ3) is 5.15. The molecule has 2 aliphatic rings. The highest BCUT2D eigenvalue weighted by Gasteiger charge is 2.25. The predicted octanol–water partition coefficient (Wildman–Crippen LogP) is 3.93. The molecule has 0 amide bonds. The molecule has 28 heavy (non-hydrogen) atoms. The van der Waals surface area contributed by atoms with E-state index in [0.717, 1.165) is 51.7 Å². The van der Waals surface area contributed by atoms with Crippen molar-refractivity contribution in [2.75, 3.05) is 13.1 Å². The van der Waals surface area contributed by atoms with Crippen molar-refractivity contribution in [1.29, 1.82) is 0 Å². The second-order valence-corrected chi connectivity index (χ2v) is 9.51. The highest BCUT2D eigenvalue weighted by atomic mass is 35.5. The fourth-order valence-corrected chi connectivity index (χ4v) is 5.57. The number of nitrogens with one attached hydrogen (secondary N) is 1. The van der Waals surface area contributed by atoms with Crippen molar-refractivity contribution < 1.29 is 8.42 Å². The van der Waals surface area contributed by atoms with E-state index in [1.807, 2.05) is 18.2 Å². The maximum Gasteiger partial charge on any atom is 0.240 e. The maximum atomic E-state index is 12.8. The molecule has 4 rings (SSSR count). The van der Waals surface area contributed by atoms with Gasteiger partial charge in [0.05, 0.1) is 4.90 Å². The summed E-state index contributed by atoms with van der Waals surface area (Å²) >= 11 is 0. The van der Waals surface area contributed by atoms with E-state index in [-0.39, 0.29) is 18.4 Å². The van der Waals surface area contributed by atoms with E-state index in [1.54, 1.807) is 6.07 Å². The van der Waals surface area contributed by atoms with Gasteiger partial charge in [0.15, 0.2) is 0 Å². The lowest BCUT2D eigenvalue weighted by Gasteiger charge is -2.32. The number of sulfonamides is 1. The minimum atomic E-state index is -3.44. The second-order valence-electron chi connectivity index (χ2n) is 7.79. The van der Waals surface area contributed by atoms with Crippen LogP contribution < -0.4 is 4.72 Å². The molecular weight excluding hydrogens is 392 g/mol. The second kappa shape index (κ2) is 9.40. The number of benzene rings is 2. The van der Waals surface area contributed by atoms with Gasteiger partial charge in [-0.3, -0.25) is 4.90 Å². The van der Waals surface area contributed by atoms with Crippen LogP contribution in [0.3, 0.4) is 0 Å². The Morgan fingerprint density at radius 3 is 2.32 bits per heavy atom. The number of aryl methyl sites for hydroxylation is 2. The van der Waals surface area contributed by atoms with E-state index in [2.05, 4.69) is 33.9 Å². The molecular formula is C22H29ClN2O2S. The lowest BCUT2D eigenvalue weighted by Crippen LogP contribution is -2.44. The summed E-state index contributed by atoms with van der Waals surface area (Å²) in [7, 11) is -3.44. The van der Waals surface area contributed by atoms with E-state index < -0.39 is 10.0 Å². The average molecular weight is 421 g/mol. The molecule has 0 unspecified atom stereocenters. The number of fused-ring (bicyclic) bond motifs is 1. The highest BCUT2D eigenvalue weighted by molar-refractivity contribution is 7.89. The van der Waals surface area contributed by atoms with E-state index in [1.165, 1.54) is 23.1 Å². The predicted molar refractivity (Wildman–Crippen MR) is 115 cm³/mol. The molecule has 1 aliphatic heterocycles. The lowest BCUT2D eigenvalue weighted by atomic mass is 9.92. The van der Waals surface area contributed by atoms with Crippen LogP contribution in [0.25, 0.3) is 0 Å². The smallest absolute Gasteiger partial charge is 0.240 e. The van der Waals surface area contributed by atoms with Gasteiger partial charge in [0.1, 0.15) is 0 Å². The maximum absolute atomic E-state index is 12.8. The molecule has 6 heteroatoms. The first kappa shape index (κ1) is 21.3. The summed E-state index contributed by atoms with van der Waals surface area (Å²) in [4.78, 5) is 2.83. The fraction of sp³-hybridized carbons (Fsp3) is 0.455. The van der Waals surface area contributed by atoms with Gasteiger partial charge in [-0.25, -0.2) is 13.1 Å². The molecule has 0 aromatic heterocycles. The Balaban J connectivity index is 0.00000225. The number of hydrogen-bond donors (Lipinski definition) is 1. The summed E-state index contributed by atoms with van der Waals surface area (Å²) in [6.07, 6.45) is 6.15. The largest absolute Gasteiger partial charge is 0.299 e.